The smallest absolute Gasteiger partial charge is 0.0949 e. The molecule has 20 heavy (non-hydrogen) atoms. The van der Waals surface area contributed by atoms with Gasteiger partial charge in [-0.2, -0.15) is 0 Å². The summed E-state index contributed by atoms with van der Waals surface area (Å²) in [6.45, 7) is 6.97. The lowest BCUT2D eigenvalue weighted by Crippen LogP contribution is -2.23. The van der Waals surface area contributed by atoms with E-state index in [1.54, 1.807) is 0 Å². The van der Waals surface area contributed by atoms with Gasteiger partial charge < -0.3 is 10.1 Å². The number of halogens is 1. The van der Waals surface area contributed by atoms with Crippen LogP contribution in [-0.4, -0.2) is 19.7 Å². The Kier molecular flexibility index (Phi) is 9.73. The third-order valence-corrected chi connectivity index (χ3v) is 3.60. The van der Waals surface area contributed by atoms with Gasteiger partial charge in [0.1, 0.15) is 0 Å². The first-order valence-electron chi connectivity index (χ1n) is 7.85. The van der Waals surface area contributed by atoms with Gasteiger partial charge in [0.2, 0.25) is 0 Å². The molecule has 0 aliphatic carbocycles. The van der Waals surface area contributed by atoms with Gasteiger partial charge in [-0.3, -0.25) is 0 Å². The molecule has 1 aromatic carbocycles. The van der Waals surface area contributed by atoms with E-state index in [9.17, 15) is 0 Å². The number of nitrogens with one attached hydrogen (secondary N) is 1. The Morgan fingerprint density at radius 3 is 2.65 bits per heavy atom. The summed E-state index contributed by atoms with van der Waals surface area (Å²) in [7, 11) is 0. The van der Waals surface area contributed by atoms with Crippen molar-refractivity contribution in [3.63, 3.8) is 0 Å². The highest BCUT2D eigenvalue weighted by molar-refractivity contribution is 6.30. The molecule has 0 saturated heterocycles. The highest BCUT2D eigenvalue weighted by Gasteiger charge is 2.11. The molecule has 1 unspecified atom stereocenters. The molecule has 0 amide bonds. The Morgan fingerprint density at radius 2 is 1.95 bits per heavy atom. The van der Waals surface area contributed by atoms with Crippen LogP contribution in [0, 0.1) is 0 Å². The average Bonchev–Trinajstić information content (AvgIpc) is 2.45. The van der Waals surface area contributed by atoms with Crippen LogP contribution < -0.4 is 5.32 Å². The molecule has 1 atom stereocenters. The molecule has 0 fully saturated rings. The third kappa shape index (κ3) is 7.28. The zero-order valence-electron chi connectivity index (χ0n) is 12.8. The molecule has 1 N–H and O–H groups in total. The summed E-state index contributed by atoms with van der Waals surface area (Å²) >= 11 is 6.07. The van der Waals surface area contributed by atoms with Crippen molar-refractivity contribution in [3.8, 4) is 0 Å². The van der Waals surface area contributed by atoms with Gasteiger partial charge in [-0.1, -0.05) is 63.3 Å². The molecule has 0 heterocycles. The lowest BCUT2D eigenvalue weighted by Gasteiger charge is -2.19. The molecule has 114 valence electrons. The van der Waals surface area contributed by atoms with Crippen molar-refractivity contribution in [2.24, 2.45) is 0 Å². The van der Waals surface area contributed by atoms with Crippen LogP contribution in [0.2, 0.25) is 5.02 Å². The second-order valence-corrected chi connectivity index (χ2v) is 5.57. The maximum atomic E-state index is 6.07. The maximum Gasteiger partial charge on any atom is 0.0949 e. The van der Waals surface area contributed by atoms with E-state index in [0.717, 1.165) is 36.7 Å². The van der Waals surface area contributed by atoms with Gasteiger partial charge in [0.15, 0.2) is 0 Å². The summed E-state index contributed by atoms with van der Waals surface area (Å²) in [4.78, 5) is 0. The molecule has 0 aliphatic rings. The number of unbranched alkanes of at least 4 members (excludes halogenated alkanes) is 4. The molecule has 2 nitrogen and oxygen atoms in total. The van der Waals surface area contributed by atoms with Crippen molar-refractivity contribution in [1.82, 2.24) is 5.32 Å². The summed E-state index contributed by atoms with van der Waals surface area (Å²) < 4.78 is 6.04. The van der Waals surface area contributed by atoms with Gasteiger partial charge in [0.05, 0.1) is 6.10 Å². The van der Waals surface area contributed by atoms with Crippen LogP contribution in [0.15, 0.2) is 24.3 Å². The van der Waals surface area contributed by atoms with E-state index in [2.05, 4.69) is 25.2 Å². The first-order chi connectivity index (χ1) is 9.77. The standard InChI is InChI=1S/C17H28ClNO/c1-3-5-6-7-8-12-20-17(14-19-4-2)15-10-9-11-16(18)13-15/h9-11,13,17,19H,3-8,12,14H2,1-2H3. The van der Waals surface area contributed by atoms with Crippen LogP contribution in [0.25, 0.3) is 0 Å². The lowest BCUT2D eigenvalue weighted by molar-refractivity contribution is 0.0502. The first-order valence-corrected chi connectivity index (χ1v) is 8.23. The second-order valence-electron chi connectivity index (χ2n) is 5.14. The van der Waals surface area contributed by atoms with Crippen LogP contribution in [0.5, 0.6) is 0 Å². The molecular formula is C17H28ClNO. The summed E-state index contributed by atoms with van der Waals surface area (Å²) in [5.74, 6) is 0. The van der Waals surface area contributed by atoms with Gasteiger partial charge in [-0.25, -0.2) is 0 Å². The predicted molar refractivity (Wildman–Crippen MR) is 87.4 cm³/mol. The van der Waals surface area contributed by atoms with Gasteiger partial charge in [-0.15, -0.1) is 0 Å². The number of likely N-dealkylation sites (N-methyl/N-ethyl adjacent to an activating group) is 1. The molecule has 1 aromatic rings. The van der Waals surface area contributed by atoms with E-state index in [1.165, 1.54) is 25.7 Å². The molecule has 0 aliphatic heterocycles. The predicted octanol–water partition coefficient (Wildman–Crippen LogP) is 4.98. The number of rotatable bonds is 11. The fourth-order valence-electron chi connectivity index (χ4n) is 2.19. The topological polar surface area (TPSA) is 21.3 Å². The van der Waals surface area contributed by atoms with Gasteiger partial charge in [-0.05, 0) is 30.7 Å². The summed E-state index contributed by atoms with van der Waals surface area (Å²) in [6, 6.07) is 7.98. The Balaban J connectivity index is 2.40. The van der Waals surface area contributed by atoms with Crippen molar-refractivity contribution in [3.05, 3.63) is 34.9 Å². The Bertz CT molecular complexity index is 357. The van der Waals surface area contributed by atoms with Crippen molar-refractivity contribution in [2.75, 3.05) is 19.7 Å². The zero-order valence-corrected chi connectivity index (χ0v) is 13.6. The molecule has 0 saturated carbocycles. The minimum Gasteiger partial charge on any atom is -0.372 e. The molecule has 3 heteroatoms. The highest BCUT2D eigenvalue weighted by atomic mass is 35.5. The summed E-state index contributed by atoms with van der Waals surface area (Å²) in [5.41, 5.74) is 1.16. The number of hydrogen-bond acceptors (Lipinski definition) is 2. The first kappa shape index (κ1) is 17.5. The van der Waals surface area contributed by atoms with E-state index in [1.807, 2.05) is 18.2 Å². The van der Waals surface area contributed by atoms with E-state index < -0.39 is 0 Å². The van der Waals surface area contributed by atoms with Crippen LogP contribution in [0.4, 0.5) is 0 Å². The van der Waals surface area contributed by atoms with Gasteiger partial charge in [0.25, 0.3) is 0 Å². The van der Waals surface area contributed by atoms with E-state index >= 15 is 0 Å². The van der Waals surface area contributed by atoms with Crippen molar-refractivity contribution >= 4 is 11.6 Å². The van der Waals surface area contributed by atoms with E-state index in [0.29, 0.717) is 0 Å². The van der Waals surface area contributed by atoms with Gasteiger partial charge >= 0.3 is 0 Å². The van der Waals surface area contributed by atoms with Crippen LogP contribution in [-0.2, 0) is 4.74 Å². The lowest BCUT2D eigenvalue weighted by atomic mass is 10.1. The highest BCUT2D eigenvalue weighted by Crippen LogP contribution is 2.21. The van der Waals surface area contributed by atoms with Crippen molar-refractivity contribution in [1.29, 1.82) is 0 Å². The molecule has 0 aromatic heterocycles. The number of hydrogen-bond donors (Lipinski definition) is 1. The Labute approximate surface area is 128 Å². The summed E-state index contributed by atoms with van der Waals surface area (Å²) in [6.07, 6.45) is 6.43. The van der Waals surface area contributed by atoms with Crippen LogP contribution in [0.1, 0.15) is 57.6 Å². The Morgan fingerprint density at radius 1 is 1.15 bits per heavy atom. The molecule has 1 rings (SSSR count). The average molecular weight is 298 g/mol. The van der Waals surface area contributed by atoms with E-state index in [-0.39, 0.29) is 6.10 Å². The molecule has 0 spiro atoms. The molecule has 0 radical (unpaired) electrons. The second kappa shape index (κ2) is 11.1. The van der Waals surface area contributed by atoms with E-state index in [4.69, 9.17) is 16.3 Å². The van der Waals surface area contributed by atoms with Crippen molar-refractivity contribution in [2.45, 2.75) is 52.1 Å². The quantitative estimate of drug-likeness (QED) is 0.582. The summed E-state index contributed by atoms with van der Waals surface area (Å²) in [5, 5.41) is 4.13. The van der Waals surface area contributed by atoms with Crippen LogP contribution in [0.3, 0.4) is 0 Å². The third-order valence-electron chi connectivity index (χ3n) is 3.37. The van der Waals surface area contributed by atoms with Crippen molar-refractivity contribution < 1.29 is 4.74 Å². The Hall–Kier alpha value is -0.570. The monoisotopic (exact) mass is 297 g/mol. The minimum absolute atomic E-state index is 0.0971. The maximum absolute atomic E-state index is 6.07. The fraction of sp³-hybridized carbons (Fsp3) is 0.647. The normalized spacial score (nSPS) is 12.6. The number of ether oxygens (including phenoxy) is 1. The van der Waals surface area contributed by atoms with Crippen LogP contribution >= 0.6 is 11.6 Å². The SMILES string of the molecule is CCCCCCCOC(CNCC)c1cccc(Cl)c1. The zero-order chi connectivity index (χ0) is 14.6. The minimum atomic E-state index is 0.0971. The molecule has 0 bridgehead atoms. The molecular weight excluding hydrogens is 270 g/mol. The number of benzene rings is 1. The van der Waals surface area contributed by atoms with Gasteiger partial charge in [0, 0.05) is 18.2 Å². The largest absolute Gasteiger partial charge is 0.372 e. The fourth-order valence-corrected chi connectivity index (χ4v) is 2.39.